The van der Waals surface area contributed by atoms with Crippen LogP contribution < -0.4 is 15.0 Å². The van der Waals surface area contributed by atoms with Crippen molar-refractivity contribution in [2.24, 2.45) is 4.99 Å². The number of amides is 2. The number of aliphatic imine (C=N–C) groups is 1. The molecule has 9 nitrogen and oxygen atoms in total. The summed E-state index contributed by atoms with van der Waals surface area (Å²) in [6, 6.07) is 6.92. The molecule has 2 amide bonds. The van der Waals surface area contributed by atoms with E-state index in [9.17, 15) is 18.0 Å². The Morgan fingerprint density at radius 2 is 1.90 bits per heavy atom. The highest BCUT2D eigenvalue weighted by atomic mass is 32.2. The summed E-state index contributed by atoms with van der Waals surface area (Å²) in [5.41, 5.74) is 0.0560. The molecule has 170 valence electrons. The first kappa shape index (κ1) is 23.4. The van der Waals surface area contributed by atoms with Crippen LogP contribution >= 0.6 is 11.8 Å². The topological polar surface area (TPSA) is 114 Å². The molecule has 2 heterocycles. The second-order valence-corrected chi connectivity index (χ2v) is 11.6. The van der Waals surface area contributed by atoms with Gasteiger partial charge in [0, 0.05) is 10.9 Å². The second kappa shape index (κ2) is 9.07. The Kier molecular flexibility index (Phi) is 6.85. The van der Waals surface area contributed by atoms with Crippen LogP contribution in [0, 0.1) is 0 Å². The first-order chi connectivity index (χ1) is 14.5. The number of hydrogen-bond acceptors (Lipinski definition) is 7. The van der Waals surface area contributed by atoms with Crippen molar-refractivity contribution in [2.45, 2.75) is 44.6 Å². The predicted molar refractivity (Wildman–Crippen MR) is 121 cm³/mol. The molecule has 31 heavy (non-hydrogen) atoms. The van der Waals surface area contributed by atoms with Gasteiger partial charge in [-0.15, -0.1) is 0 Å². The van der Waals surface area contributed by atoms with Gasteiger partial charge in [-0.05, 0) is 52.0 Å². The molecule has 0 bridgehead atoms. The van der Waals surface area contributed by atoms with Crippen molar-refractivity contribution >= 4 is 44.5 Å². The molecule has 1 N–H and O–H groups in total. The molecule has 2 atom stereocenters. The highest BCUT2D eigenvalue weighted by Gasteiger charge is 2.49. The second-order valence-electron chi connectivity index (χ2n) is 8.24. The van der Waals surface area contributed by atoms with Crippen molar-refractivity contribution in [1.82, 2.24) is 5.32 Å². The maximum absolute atomic E-state index is 12.4. The smallest absolute Gasteiger partial charge is 0.408 e. The number of nitrogens with zero attached hydrogens (tertiary/aromatic N) is 2. The van der Waals surface area contributed by atoms with E-state index in [4.69, 9.17) is 9.47 Å². The molecule has 1 aromatic carbocycles. The fraction of sp³-hybridized carbons (Fsp3) is 0.550. The van der Waals surface area contributed by atoms with Gasteiger partial charge in [0.2, 0.25) is 0 Å². The predicted octanol–water partition coefficient (Wildman–Crippen LogP) is 2.21. The molecular formula is C20H27N3O6S2. The third kappa shape index (κ3) is 6.13. The zero-order chi connectivity index (χ0) is 22.8. The van der Waals surface area contributed by atoms with Gasteiger partial charge in [-0.1, -0.05) is 11.8 Å². The van der Waals surface area contributed by atoms with E-state index in [1.165, 1.54) is 11.8 Å². The number of anilines is 1. The van der Waals surface area contributed by atoms with Crippen LogP contribution in [0.15, 0.2) is 29.3 Å². The van der Waals surface area contributed by atoms with Gasteiger partial charge in [0.15, 0.2) is 15.0 Å². The van der Waals surface area contributed by atoms with E-state index in [1.54, 1.807) is 37.8 Å². The fourth-order valence-electron chi connectivity index (χ4n) is 3.34. The molecule has 2 saturated heterocycles. The fourth-order valence-corrected chi connectivity index (χ4v) is 7.28. The number of ether oxygens (including phenoxy) is 2. The van der Waals surface area contributed by atoms with Crippen LogP contribution in [0.2, 0.25) is 0 Å². The van der Waals surface area contributed by atoms with E-state index >= 15 is 0 Å². The van der Waals surface area contributed by atoms with Crippen LogP contribution in [-0.2, 0) is 19.4 Å². The zero-order valence-electron chi connectivity index (χ0n) is 18.0. The maximum atomic E-state index is 12.4. The lowest BCUT2D eigenvalue weighted by Crippen LogP contribution is -2.38. The van der Waals surface area contributed by atoms with Crippen LogP contribution in [0.5, 0.6) is 5.75 Å². The lowest BCUT2D eigenvalue weighted by molar-refractivity contribution is -0.117. The number of thioether (sulfide) groups is 1. The van der Waals surface area contributed by atoms with E-state index in [0.717, 1.165) is 5.69 Å². The van der Waals surface area contributed by atoms with E-state index in [1.807, 2.05) is 19.1 Å². The van der Waals surface area contributed by atoms with Gasteiger partial charge in [-0.2, -0.15) is 4.99 Å². The SMILES string of the molecule is CCOc1ccc(N2C(=NC(=O)CNC(=O)OC(C)(C)C)S[C@H]3CS(=O)(=O)C[C@H]32)cc1. The van der Waals surface area contributed by atoms with Crippen LogP contribution in [0.25, 0.3) is 0 Å². The molecule has 0 radical (unpaired) electrons. The minimum absolute atomic E-state index is 0.00124. The Hall–Kier alpha value is -2.27. The summed E-state index contributed by atoms with van der Waals surface area (Å²) in [5, 5.41) is 2.61. The highest BCUT2D eigenvalue weighted by molar-refractivity contribution is 8.16. The number of alkyl carbamates (subject to hydrolysis) is 1. The summed E-state index contributed by atoms with van der Waals surface area (Å²) in [5.74, 6) is 0.192. The zero-order valence-corrected chi connectivity index (χ0v) is 19.6. The standard InChI is InChI=1S/C20H27N3O6S2/c1-5-28-14-8-6-13(7-9-14)23-15-11-31(26,27)12-16(15)30-18(23)22-17(24)10-21-19(25)29-20(2,3)4/h6-9,15-16H,5,10-12H2,1-4H3,(H,21,25)/t15-,16+/m1/s1. The van der Waals surface area contributed by atoms with Gasteiger partial charge in [0.25, 0.3) is 5.91 Å². The number of sulfone groups is 1. The van der Waals surface area contributed by atoms with E-state index < -0.39 is 27.4 Å². The number of carbonyl (C=O) groups is 2. The minimum Gasteiger partial charge on any atom is -0.494 e. The highest BCUT2D eigenvalue weighted by Crippen LogP contribution is 2.41. The summed E-state index contributed by atoms with van der Waals surface area (Å²) < 4.78 is 34.9. The molecule has 0 aromatic heterocycles. The Balaban J connectivity index is 1.77. The quantitative estimate of drug-likeness (QED) is 0.698. The molecule has 2 aliphatic heterocycles. The minimum atomic E-state index is -3.15. The van der Waals surface area contributed by atoms with E-state index in [0.29, 0.717) is 17.5 Å². The number of fused-ring (bicyclic) bond motifs is 1. The van der Waals surface area contributed by atoms with Crippen molar-refractivity contribution < 1.29 is 27.5 Å². The molecule has 0 aliphatic carbocycles. The van der Waals surface area contributed by atoms with Gasteiger partial charge in [-0.25, -0.2) is 13.2 Å². The number of hydrogen-bond donors (Lipinski definition) is 1. The Bertz CT molecular complexity index is 970. The Morgan fingerprint density at radius 1 is 1.23 bits per heavy atom. The van der Waals surface area contributed by atoms with Gasteiger partial charge in [-0.3, -0.25) is 4.79 Å². The van der Waals surface area contributed by atoms with Crippen LogP contribution in [0.1, 0.15) is 27.7 Å². The molecular weight excluding hydrogens is 442 g/mol. The van der Waals surface area contributed by atoms with Gasteiger partial charge in [0.05, 0.1) is 24.2 Å². The number of rotatable bonds is 5. The third-order valence-electron chi connectivity index (χ3n) is 4.50. The third-order valence-corrected chi connectivity index (χ3v) is 7.71. The molecule has 2 fully saturated rings. The van der Waals surface area contributed by atoms with Crippen molar-refractivity contribution in [3.8, 4) is 5.75 Å². The monoisotopic (exact) mass is 469 g/mol. The average Bonchev–Trinajstić information content (AvgIpc) is 3.10. The lowest BCUT2D eigenvalue weighted by atomic mass is 10.2. The first-order valence-corrected chi connectivity index (χ1v) is 12.6. The number of benzene rings is 1. The number of nitrogens with one attached hydrogen (secondary N) is 1. The van der Waals surface area contributed by atoms with E-state index in [2.05, 4.69) is 10.3 Å². The average molecular weight is 470 g/mol. The Labute approximate surface area is 186 Å². The van der Waals surface area contributed by atoms with Crippen molar-refractivity contribution in [3.05, 3.63) is 24.3 Å². The first-order valence-electron chi connectivity index (χ1n) is 9.95. The number of carbonyl (C=O) groups excluding carboxylic acids is 2. The maximum Gasteiger partial charge on any atom is 0.408 e. The normalized spacial score (nSPS) is 23.5. The Morgan fingerprint density at radius 3 is 2.52 bits per heavy atom. The number of amidine groups is 1. The van der Waals surface area contributed by atoms with Gasteiger partial charge in [0.1, 0.15) is 17.9 Å². The summed E-state index contributed by atoms with van der Waals surface area (Å²) in [7, 11) is -3.15. The summed E-state index contributed by atoms with van der Waals surface area (Å²) in [6.45, 7) is 7.29. The molecule has 0 spiro atoms. The van der Waals surface area contributed by atoms with Crippen LogP contribution in [0.4, 0.5) is 10.5 Å². The summed E-state index contributed by atoms with van der Waals surface area (Å²) in [6.07, 6.45) is -0.702. The molecule has 3 rings (SSSR count). The molecule has 0 unspecified atom stereocenters. The molecule has 0 saturated carbocycles. The largest absolute Gasteiger partial charge is 0.494 e. The summed E-state index contributed by atoms with van der Waals surface area (Å²) >= 11 is 1.27. The van der Waals surface area contributed by atoms with Gasteiger partial charge >= 0.3 is 6.09 Å². The van der Waals surface area contributed by atoms with Crippen LogP contribution in [-0.4, -0.2) is 67.1 Å². The lowest BCUT2D eigenvalue weighted by Gasteiger charge is -2.24. The van der Waals surface area contributed by atoms with Crippen molar-refractivity contribution in [1.29, 1.82) is 0 Å². The molecule has 1 aromatic rings. The van der Waals surface area contributed by atoms with Gasteiger partial charge < -0.3 is 19.7 Å². The van der Waals surface area contributed by atoms with Crippen molar-refractivity contribution in [2.75, 3.05) is 29.6 Å². The van der Waals surface area contributed by atoms with Crippen molar-refractivity contribution in [3.63, 3.8) is 0 Å². The van der Waals surface area contributed by atoms with E-state index in [-0.39, 0.29) is 29.3 Å². The molecule has 2 aliphatic rings. The summed E-state index contributed by atoms with van der Waals surface area (Å²) in [4.78, 5) is 30.1. The van der Waals surface area contributed by atoms with Crippen LogP contribution in [0.3, 0.4) is 0 Å². The molecule has 11 heteroatoms.